The minimum Gasteiger partial charge on any atom is -0.444 e. The molecule has 1 aliphatic rings. The summed E-state index contributed by atoms with van der Waals surface area (Å²) in [5, 5.41) is 2.89. The molecule has 0 aliphatic carbocycles. The van der Waals surface area contributed by atoms with Crippen LogP contribution >= 0.6 is 0 Å². The van der Waals surface area contributed by atoms with E-state index < -0.39 is 28.9 Å². The molecule has 0 radical (unpaired) electrons. The molecule has 2 rings (SSSR count). The molecule has 7 heteroatoms. The molecular weight excluding hydrogens is 363 g/mol. The van der Waals surface area contributed by atoms with Crippen LogP contribution in [0.15, 0.2) is 12.1 Å². The summed E-state index contributed by atoms with van der Waals surface area (Å²) in [5.74, 6) is -0.278. The van der Waals surface area contributed by atoms with Gasteiger partial charge in [0.2, 0.25) is 0 Å². The first-order valence-corrected chi connectivity index (χ1v) is 9.38. The molecule has 1 aromatic carbocycles. The van der Waals surface area contributed by atoms with Crippen molar-refractivity contribution >= 4 is 12.2 Å². The molecule has 0 saturated carbocycles. The Hall–Kier alpha value is -2.31. The van der Waals surface area contributed by atoms with Crippen LogP contribution in [-0.4, -0.2) is 41.4 Å². The maximum atomic E-state index is 14.1. The first-order valence-electron chi connectivity index (χ1n) is 9.38. The molecule has 6 nitrogen and oxygen atoms in total. The van der Waals surface area contributed by atoms with E-state index >= 15 is 0 Å². The van der Waals surface area contributed by atoms with Crippen LogP contribution in [-0.2, 0) is 15.0 Å². The second-order valence-electron chi connectivity index (χ2n) is 9.47. The van der Waals surface area contributed by atoms with Gasteiger partial charge in [0, 0.05) is 0 Å². The molecule has 2 amide bonds. The molecule has 1 fully saturated rings. The van der Waals surface area contributed by atoms with Crippen molar-refractivity contribution in [2.24, 2.45) is 0 Å². The lowest BCUT2D eigenvalue weighted by Crippen LogP contribution is -2.69. The van der Waals surface area contributed by atoms with Crippen LogP contribution in [0.5, 0.6) is 0 Å². The number of carbonyl (C=O) groups is 2. The number of benzene rings is 1. The van der Waals surface area contributed by atoms with Crippen LogP contribution < -0.4 is 5.32 Å². The van der Waals surface area contributed by atoms with Crippen molar-refractivity contribution in [3.63, 3.8) is 0 Å². The van der Waals surface area contributed by atoms with E-state index in [9.17, 15) is 14.0 Å². The van der Waals surface area contributed by atoms with E-state index in [-0.39, 0.29) is 18.9 Å². The van der Waals surface area contributed by atoms with Gasteiger partial charge in [0.25, 0.3) is 0 Å². The van der Waals surface area contributed by atoms with Crippen molar-refractivity contribution in [3.8, 4) is 0 Å². The summed E-state index contributed by atoms with van der Waals surface area (Å²) in [6, 6.07) is 3.40. The molecule has 1 saturated heterocycles. The Morgan fingerprint density at radius 1 is 1.00 bits per heavy atom. The predicted octanol–water partition coefficient (Wildman–Crippen LogP) is 4.41. The molecule has 0 aromatic heterocycles. The topological polar surface area (TPSA) is 67.9 Å². The number of rotatable bonds is 2. The number of nitrogens with zero attached hydrogens (tertiary/aromatic N) is 1. The Morgan fingerprint density at radius 2 is 1.46 bits per heavy atom. The van der Waals surface area contributed by atoms with Crippen molar-refractivity contribution in [3.05, 3.63) is 34.6 Å². The highest BCUT2D eigenvalue weighted by Gasteiger charge is 2.50. The van der Waals surface area contributed by atoms with Gasteiger partial charge in [-0.15, -0.1) is 0 Å². The van der Waals surface area contributed by atoms with Crippen molar-refractivity contribution < 1.29 is 23.5 Å². The van der Waals surface area contributed by atoms with E-state index in [1.807, 2.05) is 0 Å². The highest BCUT2D eigenvalue weighted by molar-refractivity contribution is 5.73. The van der Waals surface area contributed by atoms with Gasteiger partial charge in [-0.25, -0.2) is 14.0 Å². The van der Waals surface area contributed by atoms with E-state index in [1.54, 1.807) is 67.5 Å². The number of hydrogen-bond donors (Lipinski definition) is 1. The van der Waals surface area contributed by atoms with Gasteiger partial charge in [0.1, 0.15) is 22.6 Å². The van der Waals surface area contributed by atoms with E-state index in [2.05, 4.69) is 5.32 Å². The fraction of sp³-hybridized carbons (Fsp3) is 0.619. The van der Waals surface area contributed by atoms with Gasteiger partial charge in [-0.2, -0.15) is 0 Å². The fourth-order valence-electron chi connectivity index (χ4n) is 3.12. The van der Waals surface area contributed by atoms with Gasteiger partial charge >= 0.3 is 12.2 Å². The third-order valence-corrected chi connectivity index (χ3v) is 4.30. The zero-order valence-electron chi connectivity index (χ0n) is 18.0. The number of aryl methyl sites for hydroxylation is 2. The minimum absolute atomic E-state index is 0.214. The van der Waals surface area contributed by atoms with Crippen LogP contribution in [0, 0.1) is 19.7 Å². The number of amides is 2. The van der Waals surface area contributed by atoms with E-state index in [0.717, 1.165) is 5.56 Å². The second-order valence-corrected chi connectivity index (χ2v) is 9.47. The summed E-state index contributed by atoms with van der Waals surface area (Å²) in [7, 11) is 0. The molecule has 0 bridgehead atoms. The van der Waals surface area contributed by atoms with Gasteiger partial charge in [-0.3, -0.25) is 0 Å². The Balaban J connectivity index is 2.29. The van der Waals surface area contributed by atoms with Gasteiger partial charge in [-0.05, 0) is 72.1 Å². The van der Waals surface area contributed by atoms with Crippen LogP contribution in [0.2, 0.25) is 0 Å². The van der Waals surface area contributed by atoms with Crippen molar-refractivity contribution in [1.29, 1.82) is 0 Å². The predicted molar refractivity (Wildman–Crippen MR) is 105 cm³/mol. The Labute approximate surface area is 166 Å². The monoisotopic (exact) mass is 394 g/mol. The van der Waals surface area contributed by atoms with Gasteiger partial charge in [0.05, 0.1) is 13.1 Å². The number of nitrogens with one attached hydrogen (secondary N) is 1. The van der Waals surface area contributed by atoms with Crippen molar-refractivity contribution in [1.82, 2.24) is 10.2 Å². The molecule has 1 N–H and O–H groups in total. The molecule has 156 valence electrons. The van der Waals surface area contributed by atoms with E-state index in [4.69, 9.17) is 9.47 Å². The average molecular weight is 394 g/mol. The molecule has 0 spiro atoms. The Bertz CT molecular complexity index is 749. The number of carbonyl (C=O) groups excluding carboxylic acids is 2. The third-order valence-electron chi connectivity index (χ3n) is 4.30. The number of ether oxygens (including phenoxy) is 2. The molecule has 0 atom stereocenters. The minimum atomic E-state index is -0.859. The second kappa shape index (κ2) is 7.26. The summed E-state index contributed by atoms with van der Waals surface area (Å²) in [6.45, 7) is 14.5. The lowest BCUT2D eigenvalue weighted by Gasteiger charge is -2.50. The van der Waals surface area contributed by atoms with Gasteiger partial charge < -0.3 is 19.7 Å². The third kappa shape index (κ3) is 5.14. The first-order chi connectivity index (χ1) is 12.6. The standard InChI is InChI=1S/C21H31FN2O4/c1-13-9-15(10-14(2)16(13)22)21(23-17(25)27-19(3,4)5)11-24(12-21)18(26)28-20(6,7)8/h9-10H,11-12H2,1-8H3,(H,23,25). The zero-order valence-corrected chi connectivity index (χ0v) is 18.0. The lowest BCUT2D eigenvalue weighted by atomic mass is 9.81. The molecular formula is C21H31FN2O4. The van der Waals surface area contributed by atoms with Crippen molar-refractivity contribution in [2.75, 3.05) is 13.1 Å². The highest BCUT2D eigenvalue weighted by Crippen LogP contribution is 2.35. The number of likely N-dealkylation sites (tertiary alicyclic amines) is 1. The molecule has 1 aromatic rings. The summed E-state index contributed by atoms with van der Waals surface area (Å²) in [6.07, 6.45) is -1.04. The average Bonchev–Trinajstić information content (AvgIpc) is 2.43. The molecule has 1 aliphatic heterocycles. The zero-order chi connectivity index (χ0) is 21.5. The van der Waals surface area contributed by atoms with Crippen LogP contribution in [0.4, 0.5) is 14.0 Å². The maximum absolute atomic E-state index is 14.1. The highest BCUT2D eigenvalue weighted by atomic mass is 19.1. The summed E-state index contributed by atoms with van der Waals surface area (Å²) >= 11 is 0. The number of halogens is 1. The van der Waals surface area contributed by atoms with Crippen LogP contribution in [0.1, 0.15) is 58.2 Å². The summed E-state index contributed by atoms with van der Waals surface area (Å²) in [4.78, 5) is 26.3. The van der Waals surface area contributed by atoms with Crippen molar-refractivity contribution in [2.45, 2.75) is 72.1 Å². The quantitative estimate of drug-likeness (QED) is 0.807. The SMILES string of the molecule is Cc1cc(C2(NC(=O)OC(C)(C)C)CN(C(=O)OC(C)(C)C)C2)cc(C)c1F. The number of alkyl carbamates (subject to hydrolysis) is 1. The van der Waals surface area contributed by atoms with Gasteiger partial charge in [-0.1, -0.05) is 12.1 Å². The van der Waals surface area contributed by atoms with E-state index in [0.29, 0.717) is 11.1 Å². The Morgan fingerprint density at radius 3 is 1.89 bits per heavy atom. The lowest BCUT2D eigenvalue weighted by molar-refractivity contribution is -0.0230. The van der Waals surface area contributed by atoms with Crippen LogP contribution in [0.3, 0.4) is 0 Å². The van der Waals surface area contributed by atoms with Gasteiger partial charge in [0.15, 0.2) is 0 Å². The smallest absolute Gasteiger partial charge is 0.410 e. The summed E-state index contributed by atoms with van der Waals surface area (Å²) in [5.41, 5.74) is -0.435. The number of hydrogen-bond acceptors (Lipinski definition) is 4. The fourth-order valence-corrected chi connectivity index (χ4v) is 3.12. The molecule has 1 heterocycles. The molecule has 0 unspecified atom stereocenters. The normalized spacial score (nSPS) is 16.2. The first kappa shape index (κ1) is 22.0. The van der Waals surface area contributed by atoms with Crippen LogP contribution in [0.25, 0.3) is 0 Å². The Kier molecular flexibility index (Phi) is 5.70. The maximum Gasteiger partial charge on any atom is 0.410 e. The largest absolute Gasteiger partial charge is 0.444 e. The van der Waals surface area contributed by atoms with E-state index in [1.165, 1.54) is 4.90 Å². The summed E-state index contributed by atoms with van der Waals surface area (Å²) < 4.78 is 24.9. The molecule has 28 heavy (non-hydrogen) atoms.